The highest BCUT2D eigenvalue weighted by Crippen LogP contribution is 2.31. The van der Waals surface area contributed by atoms with Gasteiger partial charge in [-0.05, 0) is 18.8 Å². The SMILES string of the molecule is Cl.NC1=NC2CCC(=O)CC2CC1. The maximum absolute atomic E-state index is 11.1. The van der Waals surface area contributed by atoms with Crippen LogP contribution >= 0.6 is 12.4 Å². The van der Waals surface area contributed by atoms with Gasteiger partial charge in [-0.25, -0.2) is 0 Å². The Balaban J connectivity index is 0.000000845. The third-order valence-electron chi connectivity index (χ3n) is 2.86. The number of nitrogens with two attached hydrogens (primary N) is 1. The Labute approximate surface area is 84.2 Å². The molecular formula is C9H15ClN2O. The summed E-state index contributed by atoms with van der Waals surface area (Å²) in [6.45, 7) is 0. The molecule has 2 atom stereocenters. The van der Waals surface area contributed by atoms with Gasteiger partial charge in [0, 0.05) is 19.3 Å². The zero-order chi connectivity index (χ0) is 8.55. The van der Waals surface area contributed by atoms with E-state index in [2.05, 4.69) is 4.99 Å². The van der Waals surface area contributed by atoms with Crippen LogP contribution in [0.4, 0.5) is 0 Å². The summed E-state index contributed by atoms with van der Waals surface area (Å²) in [5.41, 5.74) is 5.64. The molecule has 2 aliphatic rings. The van der Waals surface area contributed by atoms with Crippen LogP contribution in [0, 0.1) is 5.92 Å². The Kier molecular flexibility index (Phi) is 3.31. The first-order valence-corrected chi connectivity index (χ1v) is 4.59. The van der Waals surface area contributed by atoms with Crippen molar-refractivity contribution in [1.82, 2.24) is 0 Å². The first kappa shape index (κ1) is 10.5. The number of carbonyl (C=O) groups is 1. The molecule has 1 heterocycles. The van der Waals surface area contributed by atoms with Crippen LogP contribution in [0.25, 0.3) is 0 Å². The number of Topliss-reactive ketones (excluding diaryl/α,β-unsaturated/α-hetero) is 1. The van der Waals surface area contributed by atoms with Crippen molar-refractivity contribution in [3.8, 4) is 0 Å². The molecule has 0 radical (unpaired) electrons. The molecule has 2 N–H and O–H groups in total. The molecule has 1 fully saturated rings. The first-order valence-electron chi connectivity index (χ1n) is 4.59. The summed E-state index contributed by atoms with van der Waals surface area (Å²) in [6.07, 6.45) is 4.31. The third-order valence-corrected chi connectivity index (χ3v) is 2.86. The van der Waals surface area contributed by atoms with E-state index in [1.165, 1.54) is 0 Å². The molecule has 2 unspecified atom stereocenters. The lowest BCUT2D eigenvalue weighted by Gasteiger charge is -2.31. The second kappa shape index (κ2) is 4.09. The van der Waals surface area contributed by atoms with E-state index in [4.69, 9.17) is 5.73 Å². The van der Waals surface area contributed by atoms with Gasteiger partial charge in [0.1, 0.15) is 5.78 Å². The molecule has 74 valence electrons. The summed E-state index contributed by atoms with van der Waals surface area (Å²) < 4.78 is 0. The molecular weight excluding hydrogens is 188 g/mol. The normalized spacial score (nSPS) is 32.9. The van der Waals surface area contributed by atoms with Gasteiger partial charge >= 0.3 is 0 Å². The monoisotopic (exact) mass is 202 g/mol. The summed E-state index contributed by atoms with van der Waals surface area (Å²) >= 11 is 0. The zero-order valence-electron chi connectivity index (χ0n) is 7.53. The van der Waals surface area contributed by atoms with Crippen LogP contribution in [0.2, 0.25) is 0 Å². The quantitative estimate of drug-likeness (QED) is 0.644. The second-order valence-electron chi connectivity index (χ2n) is 3.77. The van der Waals surface area contributed by atoms with Crippen molar-refractivity contribution in [2.75, 3.05) is 0 Å². The maximum atomic E-state index is 11.1. The van der Waals surface area contributed by atoms with Crippen LogP contribution in [0.5, 0.6) is 0 Å². The number of hydrogen-bond acceptors (Lipinski definition) is 3. The Hall–Kier alpha value is -0.570. The van der Waals surface area contributed by atoms with Gasteiger partial charge in [-0.3, -0.25) is 9.79 Å². The van der Waals surface area contributed by atoms with Gasteiger partial charge in [0.15, 0.2) is 0 Å². The van der Waals surface area contributed by atoms with Crippen LogP contribution in [-0.2, 0) is 4.79 Å². The van der Waals surface area contributed by atoms with Gasteiger partial charge in [-0.15, -0.1) is 12.4 Å². The fourth-order valence-electron chi connectivity index (χ4n) is 2.15. The molecule has 0 amide bonds. The van der Waals surface area contributed by atoms with Crippen molar-refractivity contribution in [3.63, 3.8) is 0 Å². The van der Waals surface area contributed by atoms with E-state index >= 15 is 0 Å². The number of halogens is 1. The van der Waals surface area contributed by atoms with Crippen LogP contribution in [0.1, 0.15) is 32.1 Å². The topological polar surface area (TPSA) is 55.4 Å². The number of fused-ring (bicyclic) bond motifs is 1. The van der Waals surface area contributed by atoms with E-state index in [1.54, 1.807) is 0 Å². The highest BCUT2D eigenvalue weighted by atomic mass is 35.5. The van der Waals surface area contributed by atoms with Crippen molar-refractivity contribution in [2.24, 2.45) is 16.6 Å². The second-order valence-corrected chi connectivity index (χ2v) is 3.77. The summed E-state index contributed by atoms with van der Waals surface area (Å²) in [4.78, 5) is 15.5. The molecule has 0 aromatic rings. The lowest BCUT2D eigenvalue weighted by Crippen LogP contribution is -2.34. The average Bonchev–Trinajstić information content (AvgIpc) is 2.05. The molecule has 13 heavy (non-hydrogen) atoms. The summed E-state index contributed by atoms with van der Waals surface area (Å²) in [5, 5.41) is 0. The predicted molar refractivity (Wildman–Crippen MR) is 54.2 cm³/mol. The summed E-state index contributed by atoms with van der Waals surface area (Å²) in [6, 6.07) is 0.358. The molecule has 0 aromatic carbocycles. The Morgan fingerprint density at radius 2 is 2.08 bits per heavy atom. The molecule has 2 rings (SSSR count). The Morgan fingerprint density at radius 1 is 1.31 bits per heavy atom. The molecule has 1 aliphatic carbocycles. The fraction of sp³-hybridized carbons (Fsp3) is 0.778. The maximum Gasteiger partial charge on any atom is 0.133 e. The highest BCUT2D eigenvalue weighted by Gasteiger charge is 2.31. The smallest absolute Gasteiger partial charge is 0.133 e. The first-order chi connectivity index (χ1) is 5.75. The van der Waals surface area contributed by atoms with Crippen molar-refractivity contribution in [1.29, 1.82) is 0 Å². The minimum absolute atomic E-state index is 0. The summed E-state index contributed by atoms with van der Waals surface area (Å²) in [5.74, 6) is 1.69. The number of rotatable bonds is 0. The minimum Gasteiger partial charge on any atom is -0.387 e. The standard InChI is InChI=1S/C9H14N2O.ClH/c10-9-4-1-6-5-7(12)2-3-8(6)11-9;/h6,8H,1-5H2,(H2,10,11);1H. The van der Waals surface area contributed by atoms with Gasteiger partial charge in [-0.2, -0.15) is 0 Å². The fourth-order valence-corrected chi connectivity index (χ4v) is 2.15. The van der Waals surface area contributed by atoms with Crippen LogP contribution in [-0.4, -0.2) is 17.7 Å². The van der Waals surface area contributed by atoms with Gasteiger partial charge in [-0.1, -0.05) is 0 Å². The van der Waals surface area contributed by atoms with E-state index in [9.17, 15) is 4.79 Å². The van der Waals surface area contributed by atoms with E-state index in [-0.39, 0.29) is 12.4 Å². The molecule has 0 aromatic heterocycles. The van der Waals surface area contributed by atoms with Crippen molar-refractivity contribution in [3.05, 3.63) is 0 Å². The van der Waals surface area contributed by atoms with Crippen molar-refractivity contribution >= 4 is 24.0 Å². The number of aliphatic imine (C=N–C) groups is 1. The third kappa shape index (κ3) is 2.21. The van der Waals surface area contributed by atoms with Crippen LogP contribution in [0.3, 0.4) is 0 Å². The molecule has 1 aliphatic heterocycles. The number of carbonyl (C=O) groups excluding carboxylic acids is 1. The van der Waals surface area contributed by atoms with Crippen molar-refractivity contribution < 1.29 is 4.79 Å². The molecule has 1 saturated carbocycles. The van der Waals surface area contributed by atoms with E-state index in [0.29, 0.717) is 24.2 Å². The Morgan fingerprint density at radius 3 is 2.85 bits per heavy atom. The van der Waals surface area contributed by atoms with E-state index in [1.807, 2.05) is 0 Å². The average molecular weight is 203 g/mol. The van der Waals surface area contributed by atoms with Gasteiger partial charge in [0.25, 0.3) is 0 Å². The van der Waals surface area contributed by atoms with Crippen LogP contribution < -0.4 is 5.73 Å². The Bertz CT molecular complexity index is 240. The highest BCUT2D eigenvalue weighted by molar-refractivity contribution is 5.85. The predicted octanol–water partition coefficient (Wildman–Crippen LogP) is 1.30. The molecule has 0 spiro atoms. The van der Waals surface area contributed by atoms with Gasteiger partial charge in [0.2, 0.25) is 0 Å². The molecule has 0 bridgehead atoms. The van der Waals surface area contributed by atoms with Gasteiger partial charge in [0.05, 0.1) is 11.9 Å². The molecule has 3 nitrogen and oxygen atoms in total. The lowest BCUT2D eigenvalue weighted by molar-refractivity contribution is -0.121. The zero-order valence-corrected chi connectivity index (χ0v) is 8.35. The van der Waals surface area contributed by atoms with Crippen LogP contribution in [0.15, 0.2) is 4.99 Å². The minimum atomic E-state index is 0. The van der Waals surface area contributed by atoms with Crippen molar-refractivity contribution in [2.45, 2.75) is 38.1 Å². The lowest BCUT2D eigenvalue weighted by atomic mass is 9.80. The molecule has 0 saturated heterocycles. The van der Waals surface area contributed by atoms with E-state index < -0.39 is 0 Å². The molecule has 4 heteroatoms. The summed E-state index contributed by atoms with van der Waals surface area (Å²) in [7, 11) is 0. The van der Waals surface area contributed by atoms with Gasteiger partial charge < -0.3 is 5.73 Å². The number of ketones is 1. The largest absolute Gasteiger partial charge is 0.387 e. The number of hydrogen-bond donors (Lipinski definition) is 1. The number of nitrogens with zero attached hydrogens (tertiary/aromatic N) is 1. The number of amidine groups is 1. The van der Waals surface area contributed by atoms with E-state index in [0.717, 1.165) is 31.5 Å².